The molecule has 0 aromatic rings. The van der Waals surface area contributed by atoms with Crippen LogP contribution in [0.4, 0.5) is 4.39 Å². The summed E-state index contributed by atoms with van der Waals surface area (Å²) in [5, 5.41) is -0.442. The Morgan fingerprint density at radius 1 is 1.29 bits per heavy atom. The summed E-state index contributed by atoms with van der Waals surface area (Å²) in [5.41, 5.74) is -2.84. The van der Waals surface area contributed by atoms with Gasteiger partial charge in [0.05, 0.1) is 6.10 Å². The number of fused-ring (bicyclic) bond motifs is 3. The average Bonchev–Trinajstić information content (AvgIpc) is 3.38. The lowest BCUT2D eigenvalue weighted by Crippen LogP contribution is -2.63. The van der Waals surface area contributed by atoms with E-state index in [1.807, 2.05) is 26.8 Å². The van der Waals surface area contributed by atoms with Crippen LogP contribution in [-0.2, 0) is 23.9 Å². The zero-order valence-electron chi connectivity index (χ0n) is 18.3. The van der Waals surface area contributed by atoms with Crippen LogP contribution in [0.2, 0.25) is 0 Å². The number of alkyl halides is 1. The van der Waals surface area contributed by atoms with Gasteiger partial charge in [-0.2, -0.15) is 0 Å². The molecular weight excluding hydrogens is 419 g/mol. The Hall–Kier alpha value is -1.47. The third-order valence-corrected chi connectivity index (χ3v) is 9.67. The zero-order chi connectivity index (χ0) is 22.6. The van der Waals surface area contributed by atoms with Crippen molar-refractivity contribution in [2.75, 3.05) is 0 Å². The van der Waals surface area contributed by atoms with E-state index in [9.17, 15) is 14.4 Å². The molecule has 0 amide bonds. The lowest BCUT2D eigenvalue weighted by molar-refractivity contribution is -0.187. The monoisotopic (exact) mass is 448 g/mol. The SMILES string of the molecule is CCC(=O)O[C@]1(C(=O)S)[C@H](C)CC2C3C[C@H](F)C4=CC(=O)C=CC4(C)C34O[C@H]4CC21C. The maximum absolute atomic E-state index is 15.5. The highest BCUT2D eigenvalue weighted by atomic mass is 32.1. The number of carbonyl (C=O) groups is 3. The molecule has 5 unspecified atom stereocenters. The molecule has 5 nitrogen and oxygen atoms in total. The van der Waals surface area contributed by atoms with Crippen molar-refractivity contribution < 1.29 is 28.2 Å². The first-order valence-electron chi connectivity index (χ1n) is 11.2. The summed E-state index contributed by atoms with van der Waals surface area (Å²) in [7, 11) is 0. The summed E-state index contributed by atoms with van der Waals surface area (Å²) >= 11 is 4.21. The topological polar surface area (TPSA) is 73.0 Å². The van der Waals surface area contributed by atoms with Crippen LogP contribution in [0.15, 0.2) is 23.8 Å². The Bertz CT molecular complexity index is 960. The third-order valence-electron chi connectivity index (χ3n) is 9.34. The number of hydrogen-bond acceptors (Lipinski definition) is 5. The van der Waals surface area contributed by atoms with Crippen LogP contribution >= 0.6 is 12.6 Å². The number of epoxide rings is 1. The summed E-state index contributed by atoms with van der Waals surface area (Å²) in [6.07, 6.45) is 4.89. The van der Waals surface area contributed by atoms with Crippen LogP contribution in [-0.4, -0.2) is 40.3 Å². The molecule has 1 spiro atoms. The number of esters is 1. The molecular formula is C24H29FO5S. The molecule has 0 radical (unpaired) electrons. The van der Waals surface area contributed by atoms with Gasteiger partial charge in [-0.1, -0.05) is 26.8 Å². The van der Waals surface area contributed by atoms with Gasteiger partial charge in [0.2, 0.25) is 5.12 Å². The number of halogens is 1. The van der Waals surface area contributed by atoms with Gasteiger partial charge in [-0.15, -0.1) is 12.6 Å². The highest BCUT2D eigenvalue weighted by Gasteiger charge is 2.83. The summed E-state index contributed by atoms with van der Waals surface area (Å²) in [6.45, 7) is 7.59. The Labute approximate surface area is 187 Å². The first kappa shape index (κ1) is 21.4. The van der Waals surface area contributed by atoms with Crippen molar-refractivity contribution in [1.82, 2.24) is 0 Å². The predicted octanol–water partition coefficient (Wildman–Crippen LogP) is 3.77. The summed E-state index contributed by atoms with van der Waals surface area (Å²) in [4.78, 5) is 37.3. The molecule has 1 aliphatic heterocycles. The van der Waals surface area contributed by atoms with Crippen molar-refractivity contribution in [3.05, 3.63) is 23.8 Å². The zero-order valence-corrected chi connectivity index (χ0v) is 19.2. The molecule has 3 saturated carbocycles. The standard InChI is InChI=1S/C24H29FO5S/c1-5-19(27)30-23(20(28)31)12(2)8-14-15-10-17(25)16-9-13(26)6-7-21(16,3)24(15)18(29-24)11-22(14,23)4/h6-7,9,12,14-15,17-18H,5,8,10-11H2,1-4H3,(H,28,31)/t12-,14?,15?,17+,18+,21?,22?,23+,24?/m1/s1. The number of ether oxygens (including phenoxy) is 2. The molecule has 1 heterocycles. The lowest BCUT2D eigenvalue weighted by Gasteiger charge is -2.56. The fraction of sp³-hybridized carbons (Fsp3) is 0.708. The molecule has 9 atom stereocenters. The summed E-state index contributed by atoms with van der Waals surface area (Å²) in [5.74, 6) is -1.07. The molecule has 168 valence electrons. The van der Waals surface area contributed by atoms with Gasteiger partial charge in [0.1, 0.15) is 11.8 Å². The Morgan fingerprint density at radius 3 is 2.65 bits per heavy atom. The number of rotatable bonds is 3. The van der Waals surface area contributed by atoms with E-state index in [1.54, 1.807) is 6.92 Å². The maximum Gasteiger partial charge on any atom is 0.306 e. The van der Waals surface area contributed by atoms with E-state index in [1.165, 1.54) is 12.2 Å². The smallest absolute Gasteiger partial charge is 0.306 e. The van der Waals surface area contributed by atoms with Crippen LogP contribution in [0, 0.1) is 28.6 Å². The normalized spacial score (nSPS) is 51.7. The second-order valence-electron chi connectivity index (χ2n) is 10.5. The predicted molar refractivity (Wildman–Crippen MR) is 114 cm³/mol. The molecule has 4 fully saturated rings. The Kier molecular flexibility index (Phi) is 4.35. The summed E-state index contributed by atoms with van der Waals surface area (Å²) < 4.78 is 27.9. The largest absolute Gasteiger partial charge is 0.449 e. The molecule has 31 heavy (non-hydrogen) atoms. The van der Waals surface area contributed by atoms with Crippen LogP contribution < -0.4 is 0 Å². The van der Waals surface area contributed by atoms with Crippen LogP contribution in [0.5, 0.6) is 0 Å². The van der Waals surface area contributed by atoms with Gasteiger partial charge in [-0.05, 0) is 55.7 Å². The van der Waals surface area contributed by atoms with E-state index in [0.717, 1.165) is 0 Å². The Balaban J connectivity index is 1.62. The van der Waals surface area contributed by atoms with E-state index in [-0.39, 0.29) is 42.5 Å². The van der Waals surface area contributed by atoms with Gasteiger partial charge in [-0.25, -0.2) is 4.39 Å². The number of carbonyl (C=O) groups excluding carboxylic acids is 3. The highest BCUT2D eigenvalue weighted by molar-refractivity contribution is 7.96. The van der Waals surface area contributed by atoms with Gasteiger partial charge < -0.3 is 9.47 Å². The number of thiol groups is 1. The fourth-order valence-electron chi connectivity index (χ4n) is 7.93. The van der Waals surface area contributed by atoms with E-state index >= 15 is 4.39 Å². The van der Waals surface area contributed by atoms with Gasteiger partial charge in [0.15, 0.2) is 11.4 Å². The van der Waals surface area contributed by atoms with Crippen LogP contribution in [0.1, 0.15) is 53.4 Å². The van der Waals surface area contributed by atoms with E-state index in [0.29, 0.717) is 18.4 Å². The molecule has 5 aliphatic rings. The average molecular weight is 449 g/mol. The van der Waals surface area contributed by atoms with Crippen molar-refractivity contribution in [2.24, 2.45) is 28.6 Å². The van der Waals surface area contributed by atoms with Crippen molar-refractivity contribution in [3.63, 3.8) is 0 Å². The van der Waals surface area contributed by atoms with Crippen molar-refractivity contribution in [3.8, 4) is 0 Å². The summed E-state index contributed by atoms with van der Waals surface area (Å²) in [6, 6.07) is 0. The highest BCUT2D eigenvalue weighted by Crippen LogP contribution is 2.77. The number of ketones is 1. The minimum absolute atomic E-state index is 0.0651. The van der Waals surface area contributed by atoms with E-state index in [2.05, 4.69) is 12.6 Å². The maximum atomic E-state index is 15.5. The minimum atomic E-state index is -1.35. The molecule has 0 N–H and O–H groups in total. The molecule has 5 rings (SSSR count). The molecule has 0 aromatic heterocycles. The molecule has 0 aromatic carbocycles. The molecule has 1 saturated heterocycles. The van der Waals surface area contributed by atoms with E-state index in [4.69, 9.17) is 9.47 Å². The molecule has 0 bridgehead atoms. The van der Waals surface area contributed by atoms with Crippen molar-refractivity contribution in [1.29, 1.82) is 0 Å². The van der Waals surface area contributed by atoms with Gasteiger partial charge in [0.25, 0.3) is 0 Å². The Morgan fingerprint density at radius 2 is 2.00 bits per heavy atom. The quantitative estimate of drug-likeness (QED) is 0.404. The first-order chi connectivity index (χ1) is 14.5. The van der Waals surface area contributed by atoms with Crippen molar-refractivity contribution >= 4 is 29.5 Å². The number of hydrogen-bond donors (Lipinski definition) is 1. The van der Waals surface area contributed by atoms with Crippen LogP contribution in [0.25, 0.3) is 0 Å². The second-order valence-corrected chi connectivity index (χ2v) is 10.9. The van der Waals surface area contributed by atoms with E-state index < -0.39 is 39.3 Å². The van der Waals surface area contributed by atoms with Gasteiger partial charge >= 0.3 is 5.97 Å². The first-order valence-corrected chi connectivity index (χ1v) is 11.6. The molecule has 7 heteroatoms. The lowest BCUT2D eigenvalue weighted by atomic mass is 9.46. The van der Waals surface area contributed by atoms with Gasteiger partial charge in [0, 0.05) is 23.2 Å². The third kappa shape index (κ3) is 2.30. The van der Waals surface area contributed by atoms with Gasteiger partial charge in [-0.3, -0.25) is 14.4 Å². The minimum Gasteiger partial charge on any atom is -0.449 e. The molecule has 4 aliphatic carbocycles. The van der Waals surface area contributed by atoms with Crippen molar-refractivity contribution in [2.45, 2.75) is 76.9 Å². The van der Waals surface area contributed by atoms with Crippen LogP contribution in [0.3, 0.4) is 0 Å². The second kappa shape index (κ2) is 6.31. The number of allylic oxidation sites excluding steroid dienone is 2. The fourth-order valence-corrected chi connectivity index (χ4v) is 8.45.